The van der Waals surface area contributed by atoms with E-state index in [-0.39, 0.29) is 0 Å². The maximum absolute atomic E-state index is 12.2. The highest BCUT2D eigenvalue weighted by Crippen LogP contribution is 2.19. The SMILES string of the molecule is CCCNS(=O)(=O)c1c(C)nn(CCCNCC)c1C. The smallest absolute Gasteiger partial charge is 0.244 e. The third kappa shape index (κ3) is 4.29. The van der Waals surface area contributed by atoms with Gasteiger partial charge in [-0.15, -0.1) is 0 Å². The van der Waals surface area contributed by atoms with Crippen molar-refractivity contribution in [3.8, 4) is 0 Å². The van der Waals surface area contributed by atoms with E-state index in [1.165, 1.54) is 0 Å². The Bertz CT molecular complexity index is 523. The molecule has 7 heteroatoms. The van der Waals surface area contributed by atoms with Crippen LogP contribution in [0.25, 0.3) is 0 Å². The van der Waals surface area contributed by atoms with E-state index in [1.807, 2.05) is 13.8 Å². The second kappa shape index (κ2) is 7.75. The minimum atomic E-state index is -3.45. The van der Waals surface area contributed by atoms with Gasteiger partial charge in [-0.2, -0.15) is 5.10 Å². The standard InChI is InChI=1S/C13H26N4O2S/c1-5-8-15-20(18,19)13-11(3)16-17(12(13)4)10-7-9-14-6-2/h14-15H,5-10H2,1-4H3. The number of aryl methyl sites for hydroxylation is 2. The van der Waals surface area contributed by atoms with Gasteiger partial charge in [-0.25, -0.2) is 13.1 Å². The molecule has 0 aromatic carbocycles. The molecule has 116 valence electrons. The van der Waals surface area contributed by atoms with Crippen LogP contribution in [-0.4, -0.2) is 37.8 Å². The molecule has 0 fully saturated rings. The third-order valence-corrected chi connectivity index (χ3v) is 4.81. The Kier molecular flexibility index (Phi) is 6.64. The lowest BCUT2D eigenvalue weighted by molar-refractivity contribution is 0.536. The molecule has 0 saturated carbocycles. The Morgan fingerprint density at radius 2 is 1.90 bits per heavy atom. The fraction of sp³-hybridized carbons (Fsp3) is 0.769. The molecule has 1 aromatic rings. The fourth-order valence-electron chi connectivity index (χ4n) is 2.13. The summed E-state index contributed by atoms with van der Waals surface area (Å²) < 4.78 is 28.9. The molecule has 0 atom stereocenters. The van der Waals surface area contributed by atoms with E-state index in [4.69, 9.17) is 0 Å². The Balaban J connectivity index is 2.86. The first-order valence-electron chi connectivity index (χ1n) is 7.18. The van der Waals surface area contributed by atoms with Crippen LogP contribution < -0.4 is 10.0 Å². The Labute approximate surface area is 122 Å². The summed E-state index contributed by atoms with van der Waals surface area (Å²) in [5.41, 5.74) is 1.28. The zero-order valence-electron chi connectivity index (χ0n) is 12.9. The van der Waals surface area contributed by atoms with E-state index < -0.39 is 10.0 Å². The van der Waals surface area contributed by atoms with E-state index in [2.05, 4.69) is 22.1 Å². The number of hydrogen-bond acceptors (Lipinski definition) is 4. The molecular weight excluding hydrogens is 276 g/mol. The lowest BCUT2D eigenvalue weighted by Crippen LogP contribution is -2.25. The zero-order chi connectivity index (χ0) is 15.2. The largest absolute Gasteiger partial charge is 0.317 e. The van der Waals surface area contributed by atoms with Crippen LogP contribution >= 0.6 is 0 Å². The molecule has 0 radical (unpaired) electrons. The van der Waals surface area contributed by atoms with Crippen LogP contribution in [0.5, 0.6) is 0 Å². The zero-order valence-corrected chi connectivity index (χ0v) is 13.7. The number of aromatic nitrogens is 2. The number of sulfonamides is 1. The molecule has 1 rings (SSSR count). The Morgan fingerprint density at radius 3 is 2.50 bits per heavy atom. The Hall–Kier alpha value is -0.920. The van der Waals surface area contributed by atoms with Crippen LogP contribution in [0.15, 0.2) is 4.90 Å². The maximum Gasteiger partial charge on any atom is 0.244 e. The van der Waals surface area contributed by atoms with E-state index in [1.54, 1.807) is 11.6 Å². The normalized spacial score (nSPS) is 12.0. The van der Waals surface area contributed by atoms with Gasteiger partial charge in [-0.3, -0.25) is 4.68 Å². The van der Waals surface area contributed by atoms with Gasteiger partial charge in [0.25, 0.3) is 0 Å². The first-order chi connectivity index (χ1) is 9.44. The molecule has 1 aromatic heterocycles. The van der Waals surface area contributed by atoms with Crippen molar-refractivity contribution in [3.63, 3.8) is 0 Å². The summed E-state index contributed by atoms with van der Waals surface area (Å²) in [5.74, 6) is 0. The van der Waals surface area contributed by atoms with Gasteiger partial charge < -0.3 is 5.32 Å². The van der Waals surface area contributed by atoms with E-state index >= 15 is 0 Å². The van der Waals surface area contributed by atoms with Crippen molar-refractivity contribution in [3.05, 3.63) is 11.4 Å². The number of hydrogen-bond donors (Lipinski definition) is 2. The van der Waals surface area contributed by atoms with Gasteiger partial charge in [-0.1, -0.05) is 13.8 Å². The van der Waals surface area contributed by atoms with Gasteiger partial charge in [0, 0.05) is 13.1 Å². The van der Waals surface area contributed by atoms with E-state index in [9.17, 15) is 8.42 Å². The van der Waals surface area contributed by atoms with Crippen molar-refractivity contribution in [2.45, 2.75) is 52.0 Å². The molecule has 1 heterocycles. The molecule has 0 bridgehead atoms. The molecule has 6 nitrogen and oxygen atoms in total. The summed E-state index contributed by atoms with van der Waals surface area (Å²) >= 11 is 0. The lowest BCUT2D eigenvalue weighted by Gasteiger charge is -2.07. The van der Waals surface area contributed by atoms with Crippen LogP contribution in [0, 0.1) is 13.8 Å². The van der Waals surface area contributed by atoms with Gasteiger partial charge in [0.2, 0.25) is 10.0 Å². The summed E-state index contributed by atoms with van der Waals surface area (Å²) in [5, 5.41) is 7.60. The molecule has 0 spiro atoms. The average Bonchev–Trinajstić information content (AvgIpc) is 2.68. The molecule has 0 aliphatic carbocycles. The summed E-state index contributed by atoms with van der Waals surface area (Å²) in [6, 6.07) is 0. The van der Waals surface area contributed by atoms with Crippen LogP contribution in [0.3, 0.4) is 0 Å². The number of nitrogens with zero attached hydrogens (tertiary/aromatic N) is 2. The van der Waals surface area contributed by atoms with Crippen molar-refractivity contribution in [1.29, 1.82) is 0 Å². The molecule has 0 saturated heterocycles. The number of rotatable bonds is 9. The third-order valence-electron chi connectivity index (χ3n) is 3.10. The first-order valence-corrected chi connectivity index (χ1v) is 8.66. The number of nitrogens with one attached hydrogen (secondary N) is 2. The molecule has 0 unspecified atom stereocenters. The van der Waals surface area contributed by atoms with Crippen LogP contribution in [0.4, 0.5) is 0 Å². The summed E-state index contributed by atoms with van der Waals surface area (Å²) in [6.45, 7) is 10.6. The highest BCUT2D eigenvalue weighted by molar-refractivity contribution is 7.89. The predicted octanol–water partition coefficient (Wildman–Crippen LogP) is 1.19. The molecule has 0 amide bonds. The first kappa shape index (κ1) is 17.1. The van der Waals surface area contributed by atoms with Gasteiger partial charge in [0.1, 0.15) is 4.90 Å². The van der Waals surface area contributed by atoms with E-state index in [0.29, 0.717) is 22.8 Å². The van der Waals surface area contributed by atoms with Crippen molar-refractivity contribution in [2.24, 2.45) is 0 Å². The van der Waals surface area contributed by atoms with Crippen molar-refractivity contribution < 1.29 is 8.42 Å². The minimum absolute atomic E-state index is 0.328. The second-order valence-corrected chi connectivity index (χ2v) is 6.53. The highest BCUT2D eigenvalue weighted by atomic mass is 32.2. The summed E-state index contributed by atoms with van der Waals surface area (Å²) in [4.78, 5) is 0.328. The molecular formula is C13H26N4O2S. The molecule has 0 aliphatic rings. The van der Waals surface area contributed by atoms with Gasteiger partial charge >= 0.3 is 0 Å². The van der Waals surface area contributed by atoms with Gasteiger partial charge in [0.05, 0.1) is 11.4 Å². The fourth-order valence-corrected chi connectivity index (χ4v) is 3.67. The molecule has 2 N–H and O–H groups in total. The lowest BCUT2D eigenvalue weighted by atomic mass is 10.4. The monoisotopic (exact) mass is 302 g/mol. The van der Waals surface area contributed by atoms with Gasteiger partial charge in [-0.05, 0) is 39.8 Å². The average molecular weight is 302 g/mol. The van der Waals surface area contributed by atoms with Crippen molar-refractivity contribution in [2.75, 3.05) is 19.6 Å². The highest BCUT2D eigenvalue weighted by Gasteiger charge is 2.23. The summed E-state index contributed by atoms with van der Waals surface area (Å²) in [7, 11) is -3.45. The van der Waals surface area contributed by atoms with E-state index in [0.717, 1.165) is 32.5 Å². The Morgan fingerprint density at radius 1 is 1.20 bits per heavy atom. The van der Waals surface area contributed by atoms with Crippen molar-refractivity contribution >= 4 is 10.0 Å². The second-order valence-electron chi connectivity index (χ2n) is 4.83. The van der Waals surface area contributed by atoms with Crippen LogP contribution in [0.2, 0.25) is 0 Å². The summed E-state index contributed by atoms with van der Waals surface area (Å²) in [6.07, 6.45) is 1.70. The minimum Gasteiger partial charge on any atom is -0.317 e. The van der Waals surface area contributed by atoms with Crippen molar-refractivity contribution in [1.82, 2.24) is 19.8 Å². The topological polar surface area (TPSA) is 76.0 Å². The predicted molar refractivity (Wildman–Crippen MR) is 80.3 cm³/mol. The molecule has 0 aliphatic heterocycles. The van der Waals surface area contributed by atoms with Crippen LogP contribution in [0.1, 0.15) is 38.1 Å². The van der Waals surface area contributed by atoms with Gasteiger partial charge in [0.15, 0.2) is 0 Å². The quantitative estimate of drug-likeness (QED) is 0.672. The molecule has 20 heavy (non-hydrogen) atoms. The maximum atomic E-state index is 12.2. The van der Waals surface area contributed by atoms with Crippen LogP contribution in [-0.2, 0) is 16.6 Å².